The molecule has 5 aromatic rings. The van der Waals surface area contributed by atoms with Crippen molar-refractivity contribution in [3.63, 3.8) is 0 Å². The maximum absolute atomic E-state index is 10.6. The number of carbonyl (C=O) groups is 1. The summed E-state index contributed by atoms with van der Waals surface area (Å²) in [5.74, 6) is -0.439. The molecule has 7 nitrogen and oxygen atoms in total. The second kappa shape index (κ2) is 9.02. The SMILES string of the molecule is Cc1nc(SCc2nc3ccc(Br)cc3[nH]2)c2oc3ccccc3c2n1.O=C(O)C(F)(F)F. The number of para-hydroxylation sites is 1. The van der Waals surface area contributed by atoms with E-state index < -0.39 is 12.1 Å². The number of aryl methyl sites for hydroxylation is 1. The number of aromatic amines is 1. The molecule has 170 valence electrons. The van der Waals surface area contributed by atoms with Gasteiger partial charge in [0.15, 0.2) is 5.58 Å². The number of alkyl halides is 3. The van der Waals surface area contributed by atoms with Crippen LogP contribution < -0.4 is 0 Å². The topological polar surface area (TPSA) is 105 Å². The Morgan fingerprint density at radius 1 is 1.18 bits per heavy atom. The highest BCUT2D eigenvalue weighted by molar-refractivity contribution is 9.10. The van der Waals surface area contributed by atoms with Crippen molar-refractivity contribution in [3.05, 3.63) is 58.6 Å². The Morgan fingerprint density at radius 2 is 1.91 bits per heavy atom. The molecule has 0 saturated carbocycles. The molecule has 12 heteroatoms. The first-order valence-electron chi connectivity index (χ1n) is 9.35. The van der Waals surface area contributed by atoms with E-state index in [9.17, 15) is 13.2 Å². The van der Waals surface area contributed by atoms with Gasteiger partial charge in [-0.3, -0.25) is 0 Å². The van der Waals surface area contributed by atoms with Crippen molar-refractivity contribution in [3.8, 4) is 0 Å². The van der Waals surface area contributed by atoms with Gasteiger partial charge >= 0.3 is 12.1 Å². The molecule has 0 bridgehead atoms. The summed E-state index contributed by atoms with van der Waals surface area (Å²) in [5.41, 5.74) is 4.40. The molecular formula is C21H14BrF3N4O3S. The maximum Gasteiger partial charge on any atom is 0.490 e. The Kier molecular flexibility index (Phi) is 6.30. The summed E-state index contributed by atoms with van der Waals surface area (Å²) >= 11 is 5.09. The van der Waals surface area contributed by atoms with Gasteiger partial charge in [-0.15, -0.1) is 0 Å². The van der Waals surface area contributed by atoms with E-state index in [0.717, 1.165) is 54.2 Å². The van der Waals surface area contributed by atoms with Gasteiger partial charge < -0.3 is 14.5 Å². The summed E-state index contributed by atoms with van der Waals surface area (Å²) in [6.45, 7) is 1.91. The first-order valence-corrected chi connectivity index (χ1v) is 11.1. The van der Waals surface area contributed by atoms with Crippen LogP contribution in [0.2, 0.25) is 0 Å². The standard InChI is InChI=1S/C19H13BrN4OS.C2HF3O2/c1-10-21-17-12-4-2-3-5-15(12)25-18(17)19(22-10)26-9-16-23-13-7-6-11(20)8-14(13)24-16;3-2(4,5)1(6)7/h2-8H,9H2,1H3,(H,23,24);(H,6,7). The first-order chi connectivity index (χ1) is 15.6. The van der Waals surface area contributed by atoms with Crippen LogP contribution in [0.3, 0.4) is 0 Å². The molecule has 3 aromatic heterocycles. The molecule has 0 atom stereocenters. The van der Waals surface area contributed by atoms with Gasteiger partial charge in [0.2, 0.25) is 0 Å². The van der Waals surface area contributed by atoms with Gasteiger partial charge in [-0.1, -0.05) is 39.8 Å². The van der Waals surface area contributed by atoms with Crippen LogP contribution in [0.5, 0.6) is 0 Å². The Labute approximate surface area is 196 Å². The van der Waals surface area contributed by atoms with Gasteiger partial charge in [0.05, 0.1) is 16.8 Å². The molecule has 0 saturated heterocycles. The van der Waals surface area contributed by atoms with Gasteiger partial charge in [0.1, 0.15) is 27.8 Å². The minimum absolute atomic E-state index is 0.675. The lowest BCUT2D eigenvalue weighted by Crippen LogP contribution is -2.21. The quantitative estimate of drug-likeness (QED) is 0.206. The number of fused-ring (bicyclic) bond motifs is 4. The van der Waals surface area contributed by atoms with Crippen LogP contribution in [0.25, 0.3) is 33.1 Å². The van der Waals surface area contributed by atoms with Gasteiger partial charge in [-0.25, -0.2) is 19.7 Å². The number of nitrogens with zero attached hydrogens (tertiary/aromatic N) is 3. The molecule has 0 amide bonds. The highest BCUT2D eigenvalue weighted by Gasteiger charge is 2.38. The Hall–Kier alpha value is -3.12. The maximum atomic E-state index is 10.6. The number of H-pyrrole nitrogens is 1. The van der Waals surface area contributed by atoms with E-state index in [1.807, 2.05) is 49.4 Å². The molecule has 0 aliphatic carbocycles. The summed E-state index contributed by atoms with van der Waals surface area (Å²) in [6, 6.07) is 14.0. The summed E-state index contributed by atoms with van der Waals surface area (Å²) in [6.07, 6.45) is -5.08. The van der Waals surface area contributed by atoms with Crippen molar-refractivity contribution < 1.29 is 27.5 Å². The van der Waals surface area contributed by atoms with E-state index in [1.165, 1.54) is 0 Å². The third-order valence-corrected chi connectivity index (χ3v) is 5.84. The number of furan rings is 1. The first kappa shape index (κ1) is 23.1. The number of carboxylic acid groups (broad SMARTS) is 1. The smallest absolute Gasteiger partial charge is 0.475 e. The van der Waals surface area contributed by atoms with Crippen LogP contribution in [0, 0.1) is 6.92 Å². The molecule has 2 N–H and O–H groups in total. The summed E-state index contributed by atoms with van der Waals surface area (Å²) in [7, 11) is 0. The fraction of sp³-hybridized carbons (Fsp3) is 0.143. The third-order valence-electron chi connectivity index (χ3n) is 4.38. The molecule has 0 unspecified atom stereocenters. The molecule has 3 heterocycles. The fourth-order valence-electron chi connectivity index (χ4n) is 3.01. The monoisotopic (exact) mass is 538 g/mol. The van der Waals surface area contributed by atoms with E-state index in [-0.39, 0.29) is 0 Å². The summed E-state index contributed by atoms with van der Waals surface area (Å²) < 4.78 is 38.8. The number of aliphatic carboxylic acids is 1. The van der Waals surface area contributed by atoms with Crippen molar-refractivity contribution in [1.82, 2.24) is 19.9 Å². The molecule has 0 fully saturated rings. The van der Waals surface area contributed by atoms with Crippen LogP contribution in [0.15, 0.2) is 56.4 Å². The predicted molar refractivity (Wildman–Crippen MR) is 121 cm³/mol. The number of imidazole rings is 1. The van der Waals surface area contributed by atoms with Crippen LogP contribution in [-0.2, 0) is 10.5 Å². The van der Waals surface area contributed by atoms with Gasteiger partial charge in [0, 0.05) is 9.86 Å². The molecule has 0 radical (unpaired) electrons. The number of thioether (sulfide) groups is 1. The van der Waals surface area contributed by atoms with Gasteiger partial charge in [-0.2, -0.15) is 13.2 Å². The zero-order chi connectivity index (χ0) is 23.8. The molecule has 0 spiro atoms. The molecule has 33 heavy (non-hydrogen) atoms. The second-order valence-corrected chi connectivity index (χ2v) is 8.67. The molecular weight excluding hydrogens is 525 g/mol. The molecule has 0 aliphatic rings. The zero-order valence-corrected chi connectivity index (χ0v) is 19.2. The van der Waals surface area contributed by atoms with Crippen LogP contribution >= 0.6 is 27.7 Å². The normalized spacial score (nSPS) is 11.7. The predicted octanol–water partition coefficient (Wildman–Crippen LogP) is 6.25. The van der Waals surface area contributed by atoms with E-state index in [4.69, 9.17) is 14.3 Å². The van der Waals surface area contributed by atoms with Crippen molar-refractivity contribution in [2.75, 3.05) is 0 Å². The van der Waals surface area contributed by atoms with E-state index in [0.29, 0.717) is 5.75 Å². The van der Waals surface area contributed by atoms with Crippen LogP contribution in [-0.4, -0.2) is 37.2 Å². The number of rotatable bonds is 3. The minimum atomic E-state index is -5.08. The van der Waals surface area contributed by atoms with E-state index >= 15 is 0 Å². The molecule has 5 rings (SSSR count). The number of hydrogen-bond donors (Lipinski definition) is 2. The Bertz CT molecular complexity index is 1480. The van der Waals surface area contributed by atoms with Gasteiger partial charge in [-0.05, 0) is 37.3 Å². The average molecular weight is 539 g/mol. The van der Waals surface area contributed by atoms with Crippen LogP contribution in [0.1, 0.15) is 11.6 Å². The minimum Gasteiger partial charge on any atom is -0.475 e. The summed E-state index contributed by atoms with van der Waals surface area (Å²) in [5, 5.41) is 8.98. The van der Waals surface area contributed by atoms with Crippen molar-refractivity contribution in [1.29, 1.82) is 0 Å². The zero-order valence-electron chi connectivity index (χ0n) is 16.8. The van der Waals surface area contributed by atoms with E-state index in [2.05, 4.69) is 35.9 Å². The van der Waals surface area contributed by atoms with E-state index in [1.54, 1.807) is 11.8 Å². The number of halogens is 4. The highest BCUT2D eigenvalue weighted by Crippen LogP contribution is 2.34. The Balaban J connectivity index is 0.000000325. The van der Waals surface area contributed by atoms with Crippen molar-refractivity contribution >= 4 is 66.8 Å². The number of carboxylic acids is 1. The van der Waals surface area contributed by atoms with Crippen molar-refractivity contribution in [2.24, 2.45) is 0 Å². The number of benzene rings is 2. The highest BCUT2D eigenvalue weighted by atomic mass is 79.9. The second-order valence-electron chi connectivity index (χ2n) is 6.79. The largest absolute Gasteiger partial charge is 0.490 e. The number of nitrogens with one attached hydrogen (secondary N) is 1. The third kappa shape index (κ3) is 5.11. The van der Waals surface area contributed by atoms with Crippen molar-refractivity contribution in [2.45, 2.75) is 23.9 Å². The van der Waals surface area contributed by atoms with Gasteiger partial charge in [0.25, 0.3) is 0 Å². The number of hydrogen-bond acceptors (Lipinski definition) is 6. The molecule has 2 aromatic carbocycles. The average Bonchev–Trinajstić information content (AvgIpc) is 3.32. The lowest BCUT2D eigenvalue weighted by molar-refractivity contribution is -0.192. The summed E-state index contributed by atoms with van der Waals surface area (Å²) in [4.78, 5) is 26.1. The lowest BCUT2D eigenvalue weighted by atomic mass is 10.2. The molecule has 0 aliphatic heterocycles. The Morgan fingerprint density at radius 3 is 2.64 bits per heavy atom. The van der Waals surface area contributed by atoms with Crippen LogP contribution in [0.4, 0.5) is 13.2 Å². The number of aromatic nitrogens is 4. The fourth-order valence-corrected chi connectivity index (χ4v) is 4.25. The lowest BCUT2D eigenvalue weighted by Gasteiger charge is -2.01.